The van der Waals surface area contributed by atoms with Crippen molar-refractivity contribution >= 4 is 0 Å². The van der Waals surface area contributed by atoms with Crippen molar-refractivity contribution in [1.82, 2.24) is 0 Å². The molecule has 0 aliphatic heterocycles. The third-order valence-corrected chi connectivity index (χ3v) is 1.93. The lowest BCUT2D eigenvalue weighted by Crippen LogP contribution is -2.08. The Hall–Kier alpha value is -1.47. The minimum Gasteiger partial charge on any atom is -0.323 e. The Morgan fingerprint density at radius 2 is 1.71 bits per heavy atom. The van der Waals surface area contributed by atoms with Gasteiger partial charge in [0.15, 0.2) is 0 Å². The van der Waals surface area contributed by atoms with Crippen molar-refractivity contribution in [2.45, 2.75) is 18.9 Å². The molecule has 2 N–H and O–H groups in total. The number of hydrogen-bond donors (Lipinski definition) is 1. The second-order valence-corrected chi connectivity index (χ2v) is 2.94. The van der Waals surface area contributed by atoms with Crippen LogP contribution >= 0.6 is 0 Å². The minimum atomic E-state index is -2.46. The van der Waals surface area contributed by atoms with Crippen LogP contribution in [0.3, 0.4) is 0 Å². The molecule has 0 aliphatic carbocycles. The Bertz CT molecular complexity index is 327. The standard InChI is InChI=1S/C10H10F2N2/c11-10(12)8-3-1-7(2-4-8)9(14)5-6-13/h1-4,9-10H,5,14H2/t9-/m1/s1. The van der Waals surface area contributed by atoms with Crippen molar-refractivity contribution in [3.63, 3.8) is 0 Å². The summed E-state index contributed by atoms with van der Waals surface area (Å²) in [4.78, 5) is 0. The molecule has 0 saturated heterocycles. The third kappa shape index (κ3) is 2.51. The highest BCUT2D eigenvalue weighted by atomic mass is 19.3. The van der Waals surface area contributed by atoms with Gasteiger partial charge in [-0.3, -0.25) is 0 Å². The van der Waals surface area contributed by atoms with E-state index in [1.807, 2.05) is 6.07 Å². The number of rotatable bonds is 3. The van der Waals surface area contributed by atoms with Crippen molar-refractivity contribution in [1.29, 1.82) is 5.26 Å². The number of halogens is 2. The van der Waals surface area contributed by atoms with Gasteiger partial charge < -0.3 is 5.73 Å². The SMILES string of the molecule is N#CC[C@@H](N)c1ccc(C(F)F)cc1. The molecule has 14 heavy (non-hydrogen) atoms. The van der Waals surface area contributed by atoms with Crippen LogP contribution in [0.2, 0.25) is 0 Å². The molecule has 2 nitrogen and oxygen atoms in total. The maximum Gasteiger partial charge on any atom is 0.263 e. The number of alkyl halides is 2. The lowest BCUT2D eigenvalue weighted by Gasteiger charge is -2.08. The Morgan fingerprint density at radius 1 is 1.21 bits per heavy atom. The molecule has 74 valence electrons. The molecular weight excluding hydrogens is 186 g/mol. The van der Waals surface area contributed by atoms with Crippen molar-refractivity contribution in [2.75, 3.05) is 0 Å². The molecule has 1 aromatic carbocycles. The molecular formula is C10H10F2N2. The van der Waals surface area contributed by atoms with Gasteiger partial charge in [0.25, 0.3) is 6.43 Å². The van der Waals surface area contributed by atoms with E-state index in [1.165, 1.54) is 24.3 Å². The zero-order chi connectivity index (χ0) is 10.6. The number of nitrogens with zero attached hydrogens (tertiary/aromatic N) is 1. The summed E-state index contributed by atoms with van der Waals surface area (Å²) < 4.78 is 24.3. The second-order valence-electron chi connectivity index (χ2n) is 2.94. The maximum absolute atomic E-state index is 12.2. The molecule has 0 aliphatic rings. The largest absolute Gasteiger partial charge is 0.323 e. The number of nitriles is 1. The molecule has 0 unspecified atom stereocenters. The van der Waals surface area contributed by atoms with Crippen molar-refractivity contribution in [3.05, 3.63) is 35.4 Å². The Balaban J connectivity index is 2.78. The third-order valence-electron chi connectivity index (χ3n) is 1.93. The average molecular weight is 196 g/mol. The highest BCUT2D eigenvalue weighted by molar-refractivity contribution is 5.25. The minimum absolute atomic E-state index is 0.0297. The summed E-state index contributed by atoms with van der Waals surface area (Å²) in [5.74, 6) is 0. The van der Waals surface area contributed by atoms with Crippen LogP contribution in [-0.4, -0.2) is 0 Å². The quantitative estimate of drug-likeness (QED) is 0.807. The van der Waals surface area contributed by atoms with E-state index in [4.69, 9.17) is 11.0 Å². The van der Waals surface area contributed by atoms with Crippen molar-refractivity contribution in [3.8, 4) is 6.07 Å². The summed E-state index contributed by atoms with van der Waals surface area (Å²) in [6.45, 7) is 0. The Kier molecular flexibility index (Phi) is 3.55. The molecule has 0 radical (unpaired) electrons. The summed E-state index contributed by atoms with van der Waals surface area (Å²) in [6.07, 6.45) is -2.27. The fraction of sp³-hybridized carbons (Fsp3) is 0.300. The van der Waals surface area contributed by atoms with Gasteiger partial charge in [-0.1, -0.05) is 24.3 Å². The van der Waals surface area contributed by atoms with E-state index >= 15 is 0 Å². The van der Waals surface area contributed by atoms with E-state index in [-0.39, 0.29) is 12.0 Å². The lowest BCUT2D eigenvalue weighted by molar-refractivity contribution is 0.151. The zero-order valence-electron chi connectivity index (χ0n) is 7.45. The van der Waals surface area contributed by atoms with Gasteiger partial charge in [-0.05, 0) is 5.56 Å². The molecule has 1 rings (SSSR count). The van der Waals surface area contributed by atoms with E-state index in [0.29, 0.717) is 5.56 Å². The summed E-state index contributed by atoms with van der Waals surface area (Å²) in [6, 6.07) is 7.26. The summed E-state index contributed by atoms with van der Waals surface area (Å²) in [5, 5.41) is 8.39. The van der Waals surface area contributed by atoms with Crippen molar-refractivity contribution < 1.29 is 8.78 Å². The van der Waals surface area contributed by atoms with Gasteiger partial charge in [-0.25, -0.2) is 8.78 Å². The Morgan fingerprint density at radius 3 is 2.14 bits per heavy atom. The van der Waals surface area contributed by atoms with E-state index in [9.17, 15) is 8.78 Å². The first-order valence-corrected chi connectivity index (χ1v) is 4.15. The molecule has 0 fully saturated rings. The monoisotopic (exact) mass is 196 g/mol. The first-order valence-electron chi connectivity index (χ1n) is 4.15. The predicted octanol–water partition coefficient (Wildman–Crippen LogP) is 2.54. The molecule has 4 heteroatoms. The first-order chi connectivity index (χ1) is 6.65. The molecule has 0 saturated carbocycles. The smallest absolute Gasteiger partial charge is 0.263 e. The molecule has 0 aromatic heterocycles. The number of benzene rings is 1. The van der Waals surface area contributed by atoms with Gasteiger partial charge in [-0.2, -0.15) is 5.26 Å². The molecule has 0 spiro atoms. The van der Waals surface area contributed by atoms with Gasteiger partial charge in [0.2, 0.25) is 0 Å². The van der Waals surface area contributed by atoms with Gasteiger partial charge in [-0.15, -0.1) is 0 Å². The van der Waals surface area contributed by atoms with E-state index in [1.54, 1.807) is 0 Å². The van der Waals surface area contributed by atoms with E-state index in [2.05, 4.69) is 0 Å². The maximum atomic E-state index is 12.2. The van der Waals surface area contributed by atoms with Crippen molar-refractivity contribution in [2.24, 2.45) is 5.73 Å². The van der Waals surface area contributed by atoms with Crippen LogP contribution in [0.4, 0.5) is 8.78 Å². The molecule has 1 atom stereocenters. The van der Waals surface area contributed by atoms with Crippen LogP contribution in [0.25, 0.3) is 0 Å². The first kappa shape index (κ1) is 10.6. The lowest BCUT2D eigenvalue weighted by atomic mass is 10.0. The highest BCUT2D eigenvalue weighted by Gasteiger charge is 2.08. The van der Waals surface area contributed by atoms with Crippen LogP contribution in [-0.2, 0) is 0 Å². The second kappa shape index (κ2) is 4.68. The van der Waals surface area contributed by atoms with Crippen LogP contribution < -0.4 is 5.73 Å². The molecule has 1 aromatic rings. The number of hydrogen-bond acceptors (Lipinski definition) is 2. The van der Waals surface area contributed by atoms with Gasteiger partial charge in [0, 0.05) is 11.6 Å². The molecule has 0 bridgehead atoms. The highest BCUT2D eigenvalue weighted by Crippen LogP contribution is 2.21. The summed E-state index contributed by atoms with van der Waals surface area (Å²) in [7, 11) is 0. The molecule has 0 amide bonds. The van der Waals surface area contributed by atoms with Gasteiger partial charge in [0.1, 0.15) is 0 Å². The Labute approximate surface area is 81.0 Å². The van der Waals surface area contributed by atoms with Crippen LogP contribution in [0, 0.1) is 11.3 Å². The van der Waals surface area contributed by atoms with Gasteiger partial charge >= 0.3 is 0 Å². The zero-order valence-corrected chi connectivity index (χ0v) is 7.45. The topological polar surface area (TPSA) is 49.8 Å². The van der Waals surface area contributed by atoms with Gasteiger partial charge in [0.05, 0.1) is 12.5 Å². The fourth-order valence-corrected chi connectivity index (χ4v) is 1.10. The van der Waals surface area contributed by atoms with E-state index < -0.39 is 12.5 Å². The van der Waals surface area contributed by atoms with Crippen LogP contribution in [0.5, 0.6) is 0 Å². The fourth-order valence-electron chi connectivity index (χ4n) is 1.10. The average Bonchev–Trinajstić information content (AvgIpc) is 2.18. The number of nitrogens with two attached hydrogens (primary N) is 1. The van der Waals surface area contributed by atoms with Crippen LogP contribution in [0.15, 0.2) is 24.3 Å². The predicted molar refractivity (Wildman–Crippen MR) is 48.6 cm³/mol. The normalized spacial score (nSPS) is 12.5. The molecule has 0 heterocycles. The van der Waals surface area contributed by atoms with E-state index in [0.717, 1.165) is 0 Å². The summed E-state index contributed by atoms with van der Waals surface area (Å²) in [5.41, 5.74) is 6.30. The van der Waals surface area contributed by atoms with Crippen LogP contribution in [0.1, 0.15) is 30.0 Å². The summed E-state index contributed by atoms with van der Waals surface area (Å²) >= 11 is 0.